The molecule has 1 unspecified atom stereocenters. The molecule has 6 rings (SSSR count). The van der Waals surface area contributed by atoms with Crippen molar-refractivity contribution in [1.29, 1.82) is 0 Å². The summed E-state index contributed by atoms with van der Waals surface area (Å²) in [7, 11) is 0. The van der Waals surface area contributed by atoms with Gasteiger partial charge in [-0.15, -0.1) is 0 Å². The molecule has 0 radical (unpaired) electrons. The maximum Gasteiger partial charge on any atom is 0.275 e. The number of rotatable bonds is 6. The van der Waals surface area contributed by atoms with Crippen LogP contribution in [0.5, 0.6) is 11.5 Å². The van der Waals surface area contributed by atoms with Crippen LogP contribution in [0, 0.1) is 6.92 Å². The molecule has 0 saturated carbocycles. The van der Waals surface area contributed by atoms with Crippen LogP contribution >= 0.6 is 0 Å². The van der Waals surface area contributed by atoms with Gasteiger partial charge in [-0.3, -0.25) is 9.79 Å². The number of nitrogen functional groups attached to an aromatic ring is 1. The molecule has 2 N–H and O–H groups in total. The number of fused-ring (bicyclic) bond motifs is 6. The van der Waals surface area contributed by atoms with Gasteiger partial charge in [0.05, 0.1) is 11.9 Å². The Bertz CT molecular complexity index is 1660. The summed E-state index contributed by atoms with van der Waals surface area (Å²) in [5.74, 6) is 1.08. The molecule has 0 aliphatic carbocycles. The molecule has 0 saturated heterocycles. The Hall–Kier alpha value is -4.91. The Balaban J connectivity index is 1.60. The largest absolute Gasteiger partial charge is 0.456 e. The second-order valence-electron chi connectivity index (χ2n) is 9.92. The number of carbonyl (C=O) groups is 1. The zero-order valence-corrected chi connectivity index (χ0v) is 22.8. The van der Waals surface area contributed by atoms with Gasteiger partial charge in [0.2, 0.25) is 0 Å². The van der Waals surface area contributed by atoms with Crippen LogP contribution in [0.3, 0.4) is 0 Å². The quantitative estimate of drug-likeness (QED) is 0.223. The van der Waals surface area contributed by atoms with Crippen LogP contribution in [0.15, 0.2) is 95.0 Å². The number of amides is 1. The third-order valence-corrected chi connectivity index (χ3v) is 7.69. The number of hydrazone groups is 1. The van der Waals surface area contributed by atoms with Crippen molar-refractivity contribution < 1.29 is 9.53 Å². The van der Waals surface area contributed by atoms with Crippen LogP contribution in [0.1, 0.15) is 46.5 Å². The number of nitrogens with zero attached hydrogens (tertiary/aromatic N) is 4. The first-order valence-electron chi connectivity index (χ1n) is 13.5. The van der Waals surface area contributed by atoms with E-state index in [1.54, 1.807) is 17.4 Å². The number of aliphatic imine (C=N–C) groups is 1. The van der Waals surface area contributed by atoms with E-state index in [9.17, 15) is 4.79 Å². The molecule has 1 amide bonds. The first-order chi connectivity index (χ1) is 19.5. The molecule has 0 aromatic heterocycles. The van der Waals surface area contributed by atoms with Crippen molar-refractivity contribution in [2.75, 3.05) is 23.7 Å². The molecule has 2 aliphatic rings. The van der Waals surface area contributed by atoms with E-state index in [1.165, 1.54) is 0 Å². The Morgan fingerprint density at radius 1 is 0.875 bits per heavy atom. The molecule has 1 spiro atoms. The first kappa shape index (κ1) is 25.4. The molecule has 0 bridgehead atoms. The van der Waals surface area contributed by atoms with Crippen molar-refractivity contribution in [2.45, 2.75) is 26.3 Å². The zero-order chi connectivity index (χ0) is 27.9. The van der Waals surface area contributed by atoms with E-state index in [4.69, 9.17) is 15.6 Å². The van der Waals surface area contributed by atoms with Gasteiger partial charge in [0.1, 0.15) is 17.0 Å². The summed E-state index contributed by atoms with van der Waals surface area (Å²) in [6.07, 6.45) is 3.18. The second-order valence-corrected chi connectivity index (χ2v) is 9.92. The van der Waals surface area contributed by atoms with Crippen LogP contribution in [-0.2, 0) is 5.54 Å². The minimum absolute atomic E-state index is 0.193. The number of anilines is 2. The van der Waals surface area contributed by atoms with Gasteiger partial charge in [-0.1, -0.05) is 42.5 Å². The second kappa shape index (κ2) is 10.0. The number of aryl methyl sites for hydroxylation is 1. The highest BCUT2D eigenvalue weighted by Crippen LogP contribution is 2.58. The normalized spacial score (nSPS) is 17.3. The van der Waals surface area contributed by atoms with Crippen molar-refractivity contribution in [3.8, 4) is 11.5 Å². The highest BCUT2D eigenvalue weighted by Gasteiger charge is 2.57. The van der Waals surface area contributed by atoms with E-state index in [-0.39, 0.29) is 5.91 Å². The standard InChI is InChI=1S/C33H31N5O2/c1-4-37(5-2)29-21-31-28(19-22(29)3)33(27-16-15-23(34)20-30(27)40-31)26-14-10-9-13-25(26)32(39)38(33)36-18-17-35-24-11-7-6-8-12-24/h6-21H,4-5,34H2,1-3H3/b35-17?,36-18+. The maximum absolute atomic E-state index is 14.1. The fraction of sp³-hybridized carbons (Fsp3) is 0.182. The molecule has 0 fully saturated rings. The van der Waals surface area contributed by atoms with Gasteiger partial charge in [0.25, 0.3) is 5.91 Å². The number of hydrogen-bond acceptors (Lipinski definition) is 6. The smallest absolute Gasteiger partial charge is 0.275 e. The van der Waals surface area contributed by atoms with E-state index < -0.39 is 5.54 Å². The van der Waals surface area contributed by atoms with Gasteiger partial charge in [0, 0.05) is 65.1 Å². The zero-order valence-electron chi connectivity index (χ0n) is 22.8. The van der Waals surface area contributed by atoms with Gasteiger partial charge in [-0.2, -0.15) is 5.10 Å². The summed E-state index contributed by atoms with van der Waals surface area (Å²) in [6.45, 7) is 8.11. The number of carbonyl (C=O) groups excluding carboxylic acids is 1. The molecule has 40 heavy (non-hydrogen) atoms. The van der Waals surface area contributed by atoms with Gasteiger partial charge < -0.3 is 15.4 Å². The predicted octanol–water partition coefficient (Wildman–Crippen LogP) is 6.67. The van der Waals surface area contributed by atoms with Gasteiger partial charge in [0.15, 0.2) is 0 Å². The van der Waals surface area contributed by atoms with E-state index in [0.717, 1.165) is 46.7 Å². The van der Waals surface area contributed by atoms with E-state index >= 15 is 0 Å². The molecular formula is C33H31N5O2. The fourth-order valence-corrected chi connectivity index (χ4v) is 5.89. The lowest BCUT2D eigenvalue weighted by Gasteiger charge is -2.42. The van der Waals surface area contributed by atoms with Gasteiger partial charge in [-0.25, -0.2) is 5.01 Å². The molecule has 2 heterocycles. The monoisotopic (exact) mass is 529 g/mol. The number of ether oxygens (including phenoxy) is 1. The summed E-state index contributed by atoms with van der Waals surface area (Å²) in [5.41, 5.74) is 11.9. The Kier molecular flexibility index (Phi) is 6.34. The lowest BCUT2D eigenvalue weighted by molar-refractivity contribution is 0.0675. The van der Waals surface area contributed by atoms with E-state index in [0.29, 0.717) is 22.7 Å². The van der Waals surface area contributed by atoms with Crippen LogP contribution < -0.4 is 15.4 Å². The molecule has 4 aromatic rings. The Morgan fingerprint density at radius 2 is 1.60 bits per heavy atom. The van der Waals surface area contributed by atoms with Gasteiger partial charge in [-0.05, 0) is 56.7 Å². The molecule has 7 heteroatoms. The first-order valence-corrected chi connectivity index (χ1v) is 13.5. The lowest BCUT2D eigenvalue weighted by atomic mass is 9.74. The number of nitrogens with two attached hydrogens (primary N) is 1. The molecule has 1 atom stereocenters. The number of benzene rings is 4. The Labute approximate surface area is 234 Å². The Morgan fingerprint density at radius 3 is 2.38 bits per heavy atom. The van der Waals surface area contributed by atoms with Crippen LogP contribution in [-0.4, -0.2) is 36.4 Å². The van der Waals surface area contributed by atoms with Crippen LogP contribution in [0.4, 0.5) is 17.1 Å². The predicted molar refractivity (Wildman–Crippen MR) is 161 cm³/mol. The minimum atomic E-state index is -1.05. The average molecular weight is 530 g/mol. The topological polar surface area (TPSA) is 83.5 Å². The molecule has 7 nitrogen and oxygen atoms in total. The number of hydrogen-bond donors (Lipinski definition) is 1. The van der Waals surface area contributed by atoms with Crippen molar-refractivity contribution in [3.63, 3.8) is 0 Å². The van der Waals surface area contributed by atoms with Crippen molar-refractivity contribution >= 4 is 35.4 Å². The van der Waals surface area contributed by atoms with Crippen molar-refractivity contribution in [2.24, 2.45) is 10.1 Å². The molecule has 200 valence electrons. The minimum Gasteiger partial charge on any atom is -0.456 e. The SMILES string of the molecule is CCN(CC)c1cc2c(cc1C)C1(c3ccc(N)cc3O2)c2ccccc2C(=O)N1/N=C/C=Nc1ccccc1. The highest BCUT2D eigenvalue weighted by atomic mass is 16.5. The van der Waals surface area contributed by atoms with Crippen LogP contribution in [0.2, 0.25) is 0 Å². The van der Waals surface area contributed by atoms with Crippen LogP contribution in [0.25, 0.3) is 0 Å². The summed E-state index contributed by atoms with van der Waals surface area (Å²) in [4.78, 5) is 20.8. The number of para-hydroxylation sites is 1. The molecular weight excluding hydrogens is 498 g/mol. The summed E-state index contributed by atoms with van der Waals surface area (Å²) in [6, 6.07) is 27.1. The van der Waals surface area contributed by atoms with Crippen molar-refractivity contribution in [3.05, 3.63) is 113 Å². The third kappa shape index (κ3) is 3.85. The highest BCUT2D eigenvalue weighted by molar-refractivity contribution is 6.17. The summed E-state index contributed by atoms with van der Waals surface area (Å²) in [5, 5.41) is 6.33. The van der Waals surface area contributed by atoms with E-state index in [1.807, 2.05) is 72.8 Å². The maximum atomic E-state index is 14.1. The lowest BCUT2D eigenvalue weighted by Crippen LogP contribution is -2.44. The van der Waals surface area contributed by atoms with E-state index in [2.05, 4.69) is 42.8 Å². The average Bonchev–Trinajstić information content (AvgIpc) is 3.21. The summed E-state index contributed by atoms with van der Waals surface area (Å²) < 4.78 is 6.54. The molecule has 2 aliphatic heterocycles. The van der Waals surface area contributed by atoms with Gasteiger partial charge >= 0.3 is 0 Å². The summed E-state index contributed by atoms with van der Waals surface area (Å²) >= 11 is 0. The molecule has 4 aromatic carbocycles. The van der Waals surface area contributed by atoms with Crippen molar-refractivity contribution in [1.82, 2.24) is 5.01 Å². The third-order valence-electron chi connectivity index (χ3n) is 7.69. The fourth-order valence-electron chi connectivity index (χ4n) is 5.89.